The van der Waals surface area contributed by atoms with Crippen molar-refractivity contribution in [3.8, 4) is 5.75 Å². The van der Waals surface area contributed by atoms with Gasteiger partial charge in [0.05, 0.1) is 11.8 Å². The molecule has 0 atom stereocenters. The molecule has 0 aliphatic rings. The largest absolute Gasteiger partial charge is 0.489 e. The molecule has 0 spiro atoms. The van der Waals surface area contributed by atoms with Crippen LogP contribution in [0.15, 0.2) is 23.4 Å². The topological polar surface area (TPSA) is 42.4 Å². The Morgan fingerprint density at radius 1 is 1.44 bits per heavy atom. The van der Waals surface area contributed by atoms with E-state index >= 15 is 0 Å². The van der Waals surface area contributed by atoms with E-state index in [9.17, 15) is 5.11 Å². The van der Waals surface area contributed by atoms with Crippen LogP contribution in [-0.4, -0.2) is 27.5 Å². The summed E-state index contributed by atoms with van der Waals surface area (Å²) in [5.74, 6) is 0.702. The first-order valence-electron chi connectivity index (χ1n) is 5.34. The molecule has 4 heteroatoms. The third kappa shape index (κ3) is 5.37. The van der Waals surface area contributed by atoms with E-state index in [1.165, 1.54) is 0 Å². The molecule has 1 aromatic heterocycles. The number of thioether (sulfide) groups is 1. The zero-order valence-electron chi connectivity index (χ0n) is 10.2. The smallest absolute Gasteiger partial charge is 0.138 e. The zero-order valence-corrected chi connectivity index (χ0v) is 11.0. The molecule has 1 N–H and O–H groups in total. The number of hydrogen-bond donors (Lipinski definition) is 1. The lowest BCUT2D eigenvalue weighted by Gasteiger charge is -2.17. The standard InChI is InChI=1S/C12H19NO2S/c1-9(2)16-11-5-10(6-13-7-11)15-8-12(3,4)14/h5-7,9,14H,8H2,1-4H3. The number of nitrogens with zero attached hydrogens (tertiary/aromatic N) is 1. The highest BCUT2D eigenvalue weighted by Gasteiger charge is 2.13. The summed E-state index contributed by atoms with van der Waals surface area (Å²) in [7, 11) is 0. The van der Waals surface area contributed by atoms with Crippen LogP contribution in [-0.2, 0) is 0 Å². The van der Waals surface area contributed by atoms with Crippen molar-refractivity contribution in [1.29, 1.82) is 0 Å². The maximum absolute atomic E-state index is 9.54. The third-order valence-electron chi connectivity index (χ3n) is 1.65. The van der Waals surface area contributed by atoms with Gasteiger partial charge in [0.1, 0.15) is 12.4 Å². The van der Waals surface area contributed by atoms with Gasteiger partial charge in [0.2, 0.25) is 0 Å². The first kappa shape index (κ1) is 13.3. The SMILES string of the molecule is CC(C)Sc1cncc(OCC(C)(C)O)c1. The van der Waals surface area contributed by atoms with Gasteiger partial charge in [-0.25, -0.2) is 0 Å². The summed E-state index contributed by atoms with van der Waals surface area (Å²) in [4.78, 5) is 5.20. The first-order chi connectivity index (χ1) is 7.37. The minimum atomic E-state index is -0.818. The van der Waals surface area contributed by atoms with E-state index < -0.39 is 5.60 Å². The van der Waals surface area contributed by atoms with Gasteiger partial charge >= 0.3 is 0 Å². The van der Waals surface area contributed by atoms with E-state index in [1.807, 2.05) is 12.3 Å². The van der Waals surface area contributed by atoms with Crippen LogP contribution >= 0.6 is 11.8 Å². The highest BCUT2D eigenvalue weighted by atomic mass is 32.2. The Hall–Kier alpha value is -0.740. The molecule has 1 heterocycles. The van der Waals surface area contributed by atoms with E-state index in [0.717, 1.165) is 4.90 Å². The van der Waals surface area contributed by atoms with Gasteiger partial charge in [-0.2, -0.15) is 0 Å². The van der Waals surface area contributed by atoms with E-state index in [-0.39, 0.29) is 6.61 Å². The number of aliphatic hydroxyl groups is 1. The van der Waals surface area contributed by atoms with E-state index in [4.69, 9.17) is 4.74 Å². The summed E-state index contributed by atoms with van der Waals surface area (Å²) in [6.45, 7) is 7.97. The van der Waals surface area contributed by atoms with Crippen LogP contribution in [0, 0.1) is 0 Å². The summed E-state index contributed by atoms with van der Waals surface area (Å²) in [6, 6.07) is 1.95. The second-order valence-electron chi connectivity index (χ2n) is 4.62. The fraction of sp³-hybridized carbons (Fsp3) is 0.583. The predicted octanol–water partition coefficient (Wildman–Crippen LogP) is 2.73. The lowest BCUT2D eigenvalue weighted by molar-refractivity contribution is 0.0283. The van der Waals surface area contributed by atoms with Crippen LogP contribution in [0.3, 0.4) is 0 Å². The molecule has 16 heavy (non-hydrogen) atoms. The molecule has 0 aromatic carbocycles. The molecule has 90 valence electrons. The van der Waals surface area contributed by atoms with Gasteiger partial charge in [-0.1, -0.05) is 13.8 Å². The highest BCUT2D eigenvalue weighted by molar-refractivity contribution is 7.99. The molecule has 0 fully saturated rings. The maximum Gasteiger partial charge on any atom is 0.138 e. The second kappa shape index (κ2) is 5.55. The normalized spacial score (nSPS) is 11.9. The Morgan fingerprint density at radius 2 is 2.12 bits per heavy atom. The Morgan fingerprint density at radius 3 is 2.69 bits per heavy atom. The molecule has 0 bridgehead atoms. The van der Waals surface area contributed by atoms with Crippen LogP contribution in [0.2, 0.25) is 0 Å². The number of hydrogen-bond acceptors (Lipinski definition) is 4. The van der Waals surface area contributed by atoms with Crippen molar-refractivity contribution >= 4 is 11.8 Å². The summed E-state index contributed by atoms with van der Waals surface area (Å²) >= 11 is 1.74. The number of pyridine rings is 1. The van der Waals surface area contributed by atoms with Crippen molar-refractivity contribution in [2.45, 2.75) is 43.4 Å². The van der Waals surface area contributed by atoms with Crippen LogP contribution in [0.25, 0.3) is 0 Å². The van der Waals surface area contributed by atoms with Crippen LogP contribution in [0.4, 0.5) is 0 Å². The van der Waals surface area contributed by atoms with Crippen LogP contribution < -0.4 is 4.74 Å². The van der Waals surface area contributed by atoms with Crippen LogP contribution in [0.1, 0.15) is 27.7 Å². The van der Waals surface area contributed by atoms with Crippen LogP contribution in [0.5, 0.6) is 5.75 Å². The average Bonchev–Trinajstić information content (AvgIpc) is 2.13. The van der Waals surface area contributed by atoms with Gasteiger partial charge in [0.25, 0.3) is 0 Å². The summed E-state index contributed by atoms with van der Waals surface area (Å²) in [5.41, 5.74) is -0.818. The molecule has 0 amide bonds. The van der Waals surface area contributed by atoms with Gasteiger partial charge in [-0.15, -0.1) is 11.8 Å². The van der Waals surface area contributed by atoms with E-state index in [1.54, 1.807) is 31.8 Å². The van der Waals surface area contributed by atoms with Crippen molar-refractivity contribution in [3.05, 3.63) is 18.5 Å². The Bertz CT molecular complexity index is 334. The highest BCUT2D eigenvalue weighted by Crippen LogP contribution is 2.25. The Kier molecular flexibility index (Phi) is 4.62. The minimum absolute atomic E-state index is 0.268. The molecule has 0 aliphatic carbocycles. The quantitative estimate of drug-likeness (QED) is 0.805. The zero-order chi connectivity index (χ0) is 12.2. The first-order valence-corrected chi connectivity index (χ1v) is 6.22. The summed E-state index contributed by atoms with van der Waals surface area (Å²) in [5, 5.41) is 10.1. The molecular weight excluding hydrogens is 222 g/mol. The fourth-order valence-electron chi connectivity index (χ4n) is 1.07. The molecule has 1 aromatic rings. The number of rotatable bonds is 5. The van der Waals surface area contributed by atoms with Crippen molar-refractivity contribution in [2.75, 3.05) is 6.61 Å². The Labute approximate surface area is 101 Å². The lowest BCUT2D eigenvalue weighted by Crippen LogP contribution is -2.27. The van der Waals surface area contributed by atoms with Gasteiger partial charge < -0.3 is 9.84 Å². The predicted molar refractivity (Wildman–Crippen MR) is 67.0 cm³/mol. The van der Waals surface area contributed by atoms with Gasteiger partial charge in [0, 0.05) is 16.3 Å². The fourth-order valence-corrected chi connectivity index (χ4v) is 1.92. The number of aromatic nitrogens is 1. The molecule has 0 aliphatic heterocycles. The van der Waals surface area contributed by atoms with E-state index in [0.29, 0.717) is 11.0 Å². The Balaban J connectivity index is 2.60. The van der Waals surface area contributed by atoms with Crippen molar-refractivity contribution in [2.24, 2.45) is 0 Å². The molecule has 3 nitrogen and oxygen atoms in total. The van der Waals surface area contributed by atoms with Gasteiger partial charge in [-0.05, 0) is 19.9 Å². The van der Waals surface area contributed by atoms with Crippen molar-refractivity contribution in [3.63, 3.8) is 0 Å². The molecule has 1 rings (SSSR count). The molecular formula is C12H19NO2S. The van der Waals surface area contributed by atoms with Crippen molar-refractivity contribution in [1.82, 2.24) is 4.98 Å². The molecule has 0 radical (unpaired) electrons. The molecule has 0 saturated carbocycles. The minimum Gasteiger partial charge on any atom is -0.489 e. The summed E-state index contributed by atoms with van der Waals surface area (Å²) < 4.78 is 5.47. The number of ether oxygens (including phenoxy) is 1. The second-order valence-corrected chi connectivity index (χ2v) is 6.27. The van der Waals surface area contributed by atoms with E-state index in [2.05, 4.69) is 18.8 Å². The monoisotopic (exact) mass is 241 g/mol. The molecule has 0 unspecified atom stereocenters. The third-order valence-corrected chi connectivity index (χ3v) is 2.62. The van der Waals surface area contributed by atoms with Crippen molar-refractivity contribution < 1.29 is 9.84 Å². The van der Waals surface area contributed by atoms with Gasteiger partial charge in [0.15, 0.2) is 0 Å². The lowest BCUT2D eigenvalue weighted by atomic mass is 10.2. The molecule has 0 saturated heterocycles. The van der Waals surface area contributed by atoms with Gasteiger partial charge in [-0.3, -0.25) is 4.98 Å². The maximum atomic E-state index is 9.54. The summed E-state index contributed by atoms with van der Waals surface area (Å²) in [6.07, 6.45) is 3.48. The average molecular weight is 241 g/mol.